The van der Waals surface area contributed by atoms with E-state index in [-0.39, 0.29) is 5.92 Å². The van der Waals surface area contributed by atoms with Gasteiger partial charge in [0.15, 0.2) is 5.89 Å². The van der Waals surface area contributed by atoms with Gasteiger partial charge in [-0.15, -0.1) is 0 Å². The number of hydrogen-bond acceptors (Lipinski definition) is 7. The smallest absolute Gasteiger partial charge is 0.191 e. The van der Waals surface area contributed by atoms with Crippen LogP contribution in [0, 0.1) is 27.7 Å². The lowest BCUT2D eigenvalue weighted by Crippen LogP contribution is -2.01. The molecule has 0 aliphatic rings. The zero-order valence-corrected chi connectivity index (χ0v) is 20.0. The van der Waals surface area contributed by atoms with Gasteiger partial charge < -0.3 is 18.7 Å². The molecule has 4 aromatic heterocycles. The number of rotatable bonds is 5. The number of methoxy groups -OCH3 is 1. The standard InChI is InChI=1S/C25H27N5O3/c1-11(2)24-21(32-15(6)28-24)10-19-23-16-9-20(31-7)17(22-12(3)30-33-13(22)4)8-18(16)29-25(23)27-14(5)26-19/h8-9,11H,10H2,1-7H3,(H,26,27,29). The summed E-state index contributed by atoms with van der Waals surface area (Å²) in [5.41, 5.74) is 6.27. The van der Waals surface area contributed by atoms with Crippen LogP contribution in [0.1, 0.15) is 60.1 Å². The molecule has 170 valence electrons. The molecule has 0 fully saturated rings. The summed E-state index contributed by atoms with van der Waals surface area (Å²) >= 11 is 0. The first-order chi connectivity index (χ1) is 15.8. The molecule has 0 spiro atoms. The first-order valence-corrected chi connectivity index (χ1v) is 11.0. The number of hydrogen-bond donors (Lipinski definition) is 1. The maximum absolute atomic E-state index is 5.97. The molecule has 0 saturated carbocycles. The second kappa shape index (κ2) is 7.72. The first kappa shape index (κ1) is 21.2. The Bertz CT molecular complexity index is 1490. The Labute approximate surface area is 191 Å². The van der Waals surface area contributed by atoms with Crippen molar-refractivity contribution in [1.29, 1.82) is 0 Å². The van der Waals surface area contributed by atoms with Crippen molar-refractivity contribution in [3.05, 3.63) is 52.5 Å². The summed E-state index contributed by atoms with van der Waals surface area (Å²) in [5, 5.41) is 6.06. The Kier molecular flexibility index (Phi) is 4.96. The van der Waals surface area contributed by atoms with E-state index in [9.17, 15) is 0 Å². The summed E-state index contributed by atoms with van der Waals surface area (Å²) in [7, 11) is 1.67. The Hall–Kier alpha value is -3.68. The third-order valence-corrected chi connectivity index (χ3v) is 5.97. The molecule has 0 bridgehead atoms. The van der Waals surface area contributed by atoms with Crippen LogP contribution in [0.4, 0.5) is 0 Å². The number of ether oxygens (including phenoxy) is 1. The van der Waals surface area contributed by atoms with Crippen molar-refractivity contribution in [2.24, 2.45) is 0 Å². The highest BCUT2D eigenvalue weighted by atomic mass is 16.5. The molecule has 1 aromatic carbocycles. The largest absolute Gasteiger partial charge is 0.496 e. The molecule has 5 rings (SSSR count). The molecule has 0 radical (unpaired) electrons. The fourth-order valence-corrected chi connectivity index (χ4v) is 4.60. The predicted octanol–water partition coefficient (Wildman–Crippen LogP) is 5.71. The Morgan fingerprint density at radius 1 is 1.06 bits per heavy atom. The van der Waals surface area contributed by atoms with Gasteiger partial charge in [0.1, 0.15) is 28.7 Å². The number of nitrogens with zero attached hydrogens (tertiary/aromatic N) is 4. The van der Waals surface area contributed by atoms with E-state index in [1.807, 2.05) is 33.8 Å². The van der Waals surface area contributed by atoms with Gasteiger partial charge in [0.2, 0.25) is 0 Å². The molecule has 8 heteroatoms. The molecular formula is C25H27N5O3. The highest BCUT2D eigenvalue weighted by Gasteiger charge is 2.22. The number of benzene rings is 1. The molecule has 8 nitrogen and oxygen atoms in total. The molecule has 0 aliphatic heterocycles. The summed E-state index contributed by atoms with van der Waals surface area (Å²) in [4.78, 5) is 17.5. The fourth-order valence-electron chi connectivity index (χ4n) is 4.60. The van der Waals surface area contributed by atoms with E-state index in [4.69, 9.17) is 18.7 Å². The third kappa shape index (κ3) is 3.46. The average molecular weight is 446 g/mol. The monoisotopic (exact) mass is 445 g/mol. The maximum Gasteiger partial charge on any atom is 0.191 e. The van der Waals surface area contributed by atoms with Gasteiger partial charge in [0.25, 0.3) is 0 Å². The lowest BCUT2D eigenvalue weighted by molar-refractivity contribution is 0.393. The Balaban J connectivity index is 1.75. The Morgan fingerprint density at radius 2 is 1.85 bits per heavy atom. The van der Waals surface area contributed by atoms with Crippen LogP contribution in [-0.2, 0) is 6.42 Å². The molecule has 33 heavy (non-hydrogen) atoms. The number of H-pyrrole nitrogens is 1. The quantitative estimate of drug-likeness (QED) is 0.369. The van der Waals surface area contributed by atoms with Gasteiger partial charge in [-0.25, -0.2) is 15.0 Å². The summed E-state index contributed by atoms with van der Waals surface area (Å²) in [6.07, 6.45) is 0.537. The van der Waals surface area contributed by atoms with Crippen LogP contribution in [0.15, 0.2) is 21.1 Å². The summed E-state index contributed by atoms with van der Waals surface area (Å²) in [5.74, 6) is 3.96. The number of oxazole rings is 1. The highest BCUT2D eigenvalue weighted by Crippen LogP contribution is 2.40. The minimum absolute atomic E-state index is 0.261. The average Bonchev–Trinajstić information content (AvgIpc) is 3.40. The molecule has 4 heterocycles. The summed E-state index contributed by atoms with van der Waals surface area (Å²) in [6, 6.07) is 4.10. The van der Waals surface area contributed by atoms with E-state index in [1.165, 1.54) is 0 Å². The molecule has 0 unspecified atom stereocenters. The van der Waals surface area contributed by atoms with E-state index in [2.05, 4.69) is 40.0 Å². The van der Waals surface area contributed by atoms with E-state index >= 15 is 0 Å². The van der Waals surface area contributed by atoms with Crippen LogP contribution < -0.4 is 4.74 Å². The van der Waals surface area contributed by atoms with Gasteiger partial charge in [0.05, 0.1) is 36.2 Å². The van der Waals surface area contributed by atoms with Gasteiger partial charge in [-0.1, -0.05) is 19.0 Å². The van der Waals surface area contributed by atoms with E-state index < -0.39 is 0 Å². The van der Waals surface area contributed by atoms with Crippen molar-refractivity contribution >= 4 is 21.9 Å². The summed E-state index contributed by atoms with van der Waals surface area (Å²) < 4.78 is 17.2. The van der Waals surface area contributed by atoms with E-state index in [0.29, 0.717) is 18.1 Å². The minimum atomic E-state index is 0.261. The van der Waals surface area contributed by atoms with Crippen molar-refractivity contribution in [1.82, 2.24) is 25.1 Å². The van der Waals surface area contributed by atoms with Crippen LogP contribution in [0.5, 0.6) is 5.75 Å². The highest BCUT2D eigenvalue weighted by molar-refractivity contribution is 6.09. The van der Waals surface area contributed by atoms with Crippen LogP contribution in [-0.4, -0.2) is 32.2 Å². The van der Waals surface area contributed by atoms with Crippen molar-refractivity contribution < 1.29 is 13.7 Å². The number of fused-ring (bicyclic) bond motifs is 3. The zero-order valence-electron chi connectivity index (χ0n) is 20.0. The van der Waals surface area contributed by atoms with Crippen LogP contribution in [0.3, 0.4) is 0 Å². The second-order valence-corrected chi connectivity index (χ2v) is 8.74. The van der Waals surface area contributed by atoms with Gasteiger partial charge in [-0.3, -0.25) is 0 Å². The lowest BCUT2D eigenvalue weighted by Gasteiger charge is -2.09. The SMILES string of the molecule is COc1cc2c(cc1-c1c(C)noc1C)[nH]c1nc(C)nc(Cc3oc(C)nc3C(C)C)c12. The lowest BCUT2D eigenvalue weighted by atomic mass is 10.00. The molecule has 0 saturated heterocycles. The van der Waals surface area contributed by atoms with Gasteiger partial charge in [0, 0.05) is 28.8 Å². The van der Waals surface area contributed by atoms with Crippen LogP contribution >= 0.6 is 0 Å². The zero-order chi connectivity index (χ0) is 23.4. The van der Waals surface area contributed by atoms with Crippen molar-refractivity contribution in [3.63, 3.8) is 0 Å². The van der Waals surface area contributed by atoms with E-state index in [1.54, 1.807) is 7.11 Å². The summed E-state index contributed by atoms with van der Waals surface area (Å²) in [6.45, 7) is 11.9. The fraction of sp³-hybridized carbons (Fsp3) is 0.360. The van der Waals surface area contributed by atoms with E-state index in [0.717, 1.165) is 67.4 Å². The first-order valence-electron chi connectivity index (χ1n) is 11.0. The number of aromatic amines is 1. The Morgan fingerprint density at radius 3 is 2.52 bits per heavy atom. The molecule has 0 amide bonds. The molecule has 5 aromatic rings. The van der Waals surface area contributed by atoms with Gasteiger partial charge in [-0.05, 0) is 38.8 Å². The number of nitrogens with one attached hydrogen (secondary N) is 1. The van der Waals surface area contributed by atoms with Crippen LogP contribution in [0.2, 0.25) is 0 Å². The van der Waals surface area contributed by atoms with Gasteiger partial charge in [-0.2, -0.15) is 0 Å². The van der Waals surface area contributed by atoms with Gasteiger partial charge >= 0.3 is 0 Å². The topological polar surface area (TPSA) is 103 Å². The molecule has 1 N–H and O–H groups in total. The van der Waals surface area contributed by atoms with Crippen molar-refractivity contribution in [3.8, 4) is 16.9 Å². The molecular weight excluding hydrogens is 418 g/mol. The van der Waals surface area contributed by atoms with Crippen molar-refractivity contribution in [2.75, 3.05) is 7.11 Å². The maximum atomic E-state index is 5.97. The second-order valence-electron chi connectivity index (χ2n) is 8.74. The number of aryl methyl sites for hydroxylation is 4. The van der Waals surface area contributed by atoms with Crippen LogP contribution in [0.25, 0.3) is 33.1 Å². The molecule has 0 atom stereocenters. The number of aromatic nitrogens is 5. The molecule has 0 aliphatic carbocycles. The predicted molar refractivity (Wildman–Crippen MR) is 126 cm³/mol. The minimum Gasteiger partial charge on any atom is -0.496 e. The third-order valence-electron chi connectivity index (χ3n) is 5.97. The normalized spacial score (nSPS) is 11.9. The van der Waals surface area contributed by atoms with Crippen molar-refractivity contribution in [2.45, 2.75) is 53.9 Å².